The first kappa shape index (κ1) is 17.9. The molecule has 0 amide bonds. The first-order chi connectivity index (χ1) is 13.0. The van der Waals surface area contributed by atoms with E-state index in [9.17, 15) is 0 Å². The molecule has 4 rings (SSSR count). The van der Waals surface area contributed by atoms with Gasteiger partial charge in [-0.2, -0.15) is 5.10 Å². The van der Waals surface area contributed by atoms with Crippen molar-refractivity contribution in [1.29, 1.82) is 5.41 Å². The Morgan fingerprint density at radius 3 is 2.59 bits per heavy atom. The lowest BCUT2D eigenvalue weighted by molar-refractivity contribution is 0.327. The van der Waals surface area contributed by atoms with E-state index in [-0.39, 0.29) is 6.04 Å². The number of nitrogens with zero attached hydrogens (tertiary/aromatic N) is 4. The molecule has 0 bridgehead atoms. The average molecular weight is 368 g/mol. The number of rotatable bonds is 6. The minimum absolute atomic E-state index is 0.191. The van der Waals surface area contributed by atoms with Crippen molar-refractivity contribution in [2.45, 2.75) is 76.8 Å². The van der Waals surface area contributed by atoms with Gasteiger partial charge in [0.1, 0.15) is 18.0 Å². The lowest BCUT2D eigenvalue weighted by Gasteiger charge is -2.24. The maximum atomic E-state index is 8.97. The summed E-state index contributed by atoms with van der Waals surface area (Å²) in [6.07, 6.45) is 9.86. The average Bonchev–Trinajstić information content (AvgIpc) is 3.40. The normalized spacial score (nSPS) is 18.0. The van der Waals surface area contributed by atoms with Gasteiger partial charge in [-0.05, 0) is 45.6 Å². The van der Waals surface area contributed by atoms with E-state index in [1.807, 2.05) is 13.8 Å². The third-order valence-electron chi connectivity index (χ3n) is 5.48. The fourth-order valence-electron chi connectivity index (χ4n) is 3.94. The molecule has 2 heterocycles. The van der Waals surface area contributed by atoms with E-state index < -0.39 is 0 Å². The molecule has 2 aromatic heterocycles. The van der Waals surface area contributed by atoms with Gasteiger partial charge in [0.2, 0.25) is 0 Å². The van der Waals surface area contributed by atoms with Crippen molar-refractivity contribution in [2.75, 3.05) is 11.1 Å². The van der Waals surface area contributed by atoms with Crippen LogP contribution in [0.5, 0.6) is 0 Å². The third kappa shape index (κ3) is 3.68. The molecule has 0 unspecified atom stereocenters. The predicted octanol–water partition coefficient (Wildman–Crippen LogP) is 3.87. The van der Waals surface area contributed by atoms with Gasteiger partial charge in [-0.15, -0.1) is 0 Å². The molecule has 0 radical (unpaired) electrons. The first-order valence-electron chi connectivity index (χ1n) is 10.1. The molecular formula is C20H29N7. The largest absolute Gasteiger partial charge is 0.383 e. The number of anilines is 2. The molecule has 0 aliphatic heterocycles. The van der Waals surface area contributed by atoms with E-state index >= 15 is 0 Å². The van der Waals surface area contributed by atoms with E-state index in [0.29, 0.717) is 34.9 Å². The molecule has 0 atom stereocenters. The van der Waals surface area contributed by atoms with E-state index in [0.717, 1.165) is 24.2 Å². The van der Waals surface area contributed by atoms with Crippen LogP contribution < -0.4 is 11.1 Å². The second kappa shape index (κ2) is 7.29. The van der Waals surface area contributed by atoms with E-state index in [4.69, 9.17) is 16.2 Å². The summed E-state index contributed by atoms with van der Waals surface area (Å²) < 4.78 is 2.10. The molecule has 2 saturated carbocycles. The molecule has 144 valence electrons. The van der Waals surface area contributed by atoms with E-state index in [1.165, 1.54) is 38.4 Å². The lowest BCUT2D eigenvalue weighted by atomic mass is 9.95. The highest BCUT2D eigenvalue weighted by molar-refractivity contribution is 6.15. The highest BCUT2D eigenvalue weighted by atomic mass is 15.3. The van der Waals surface area contributed by atoms with Crippen molar-refractivity contribution in [1.82, 2.24) is 19.7 Å². The van der Waals surface area contributed by atoms with Crippen LogP contribution in [0, 0.1) is 5.41 Å². The van der Waals surface area contributed by atoms with Crippen LogP contribution in [0.1, 0.15) is 87.7 Å². The number of nitrogens with two attached hydrogens (primary N) is 1. The predicted molar refractivity (Wildman–Crippen MR) is 107 cm³/mol. The van der Waals surface area contributed by atoms with Crippen LogP contribution in [0.4, 0.5) is 11.6 Å². The van der Waals surface area contributed by atoms with Gasteiger partial charge in [-0.1, -0.05) is 19.3 Å². The summed E-state index contributed by atoms with van der Waals surface area (Å²) in [7, 11) is 0. The van der Waals surface area contributed by atoms with Gasteiger partial charge in [-0.3, -0.25) is 10.1 Å². The van der Waals surface area contributed by atoms with Crippen molar-refractivity contribution in [2.24, 2.45) is 0 Å². The highest BCUT2D eigenvalue weighted by Gasteiger charge is 2.31. The summed E-state index contributed by atoms with van der Waals surface area (Å²) in [6, 6.07) is 2.66. The van der Waals surface area contributed by atoms with Gasteiger partial charge in [-0.25, -0.2) is 9.97 Å². The first-order valence-corrected chi connectivity index (χ1v) is 10.1. The second-order valence-electron chi connectivity index (χ2n) is 8.12. The summed E-state index contributed by atoms with van der Waals surface area (Å²) in [5, 5.41) is 17.2. The molecule has 2 aromatic rings. The topological polar surface area (TPSA) is 106 Å². The van der Waals surface area contributed by atoms with Gasteiger partial charge in [0, 0.05) is 12.0 Å². The summed E-state index contributed by atoms with van der Waals surface area (Å²) in [6.45, 7) is 4.09. The molecule has 27 heavy (non-hydrogen) atoms. The molecular weight excluding hydrogens is 338 g/mol. The Kier molecular flexibility index (Phi) is 4.85. The van der Waals surface area contributed by atoms with Crippen molar-refractivity contribution in [3.05, 3.63) is 29.3 Å². The van der Waals surface area contributed by atoms with Crippen LogP contribution in [0.15, 0.2) is 12.4 Å². The maximum absolute atomic E-state index is 8.97. The molecule has 2 fully saturated rings. The second-order valence-corrected chi connectivity index (χ2v) is 8.12. The minimum atomic E-state index is 0.191. The van der Waals surface area contributed by atoms with Crippen LogP contribution in [0.25, 0.3) is 0 Å². The Morgan fingerprint density at radius 2 is 1.93 bits per heavy atom. The molecule has 7 heteroatoms. The molecule has 7 nitrogen and oxygen atoms in total. The zero-order chi connectivity index (χ0) is 19.0. The molecule has 0 saturated heterocycles. The van der Waals surface area contributed by atoms with Crippen LogP contribution >= 0.6 is 0 Å². The SMILES string of the molecule is CC(C)Nc1ncnc(N)c1C(=N)c1cc(C2CC2)nn1C1CCCCC1. The fraction of sp³-hybridized carbons (Fsp3) is 0.600. The number of hydrogen-bond acceptors (Lipinski definition) is 6. The van der Waals surface area contributed by atoms with Crippen LogP contribution in [0.2, 0.25) is 0 Å². The summed E-state index contributed by atoms with van der Waals surface area (Å²) >= 11 is 0. The molecule has 4 N–H and O–H groups in total. The fourth-order valence-corrected chi connectivity index (χ4v) is 3.94. The Bertz CT molecular complexity index is 829. The van der Waals surface area contributed by atoms with Crippen molar-refractivity contribution in [3.63, 3.8) is 0 Å². The lowest BCUT2D eigenvalue weighted by Crippen LogP contribution is -2.22. The minimum Gasteiger partial charge on any atom is -0.383 e. The van der Waals surface area contributed by atoms with Crippen molar-refractivity contribution < 1.29 is 0 Å². The highest BCUT2D eigenvalue weighted by Crippen LogP contribution is 2.41. The van der Waals surface area contributed by atoms with Gasteiger partial charge >= 0.3 is 0 Å². The Balaban J connectivity index is 1.75. The molecule has 0 aromatic carbocycles. The van der Waals surface area contributed by atoms with E-state index in [1.54, 1.807) is 0 Å². The number of hydrogen-bond donors (Lipinski definition) is 3. The zero-order valence-corrected chi connectivity index (χ0v) is 16.2. The summed E-state index contributed by atoms with van der Waals surface area (Å²) in [5.74, 6) is 1.51. The number of nitrogen functional groups attached to an aromatic ring is 1. The Hall–Kier alpha value is -2.44. The Morgan fingerprint density at radius 1 is 1.19 bits per heavy atom. The van der Waals surface area contributed by atoms with Crippen molar-refractivity contribution in [3.8, 4) is 0 Å². The summed E-state index contributed by atoms with van der Waals surface area (Å²) in [4.78, 5) is 8.50. The smallest absolute Gasteiger partial charge is 0.141 e. The van der Waals surface area contributed by atoms with Gasteiger partial charge < -0.3 is 11.1 Å². The zero-order valence-electron chi connectivity index (χ0n) is 16.2. The van der Waals surface area contributed by atoms with Crippen LogP contribution in [-0.2, 0) is 0 Å². The third-order valence-corrected chi connectivity index (χ3v) is 5.48. The number of aromatic nitrogens is 4. The number of nitrogens with one attached hydrogen (secondary N) is 2. The maximum Gasteiger partial charge on any atom is 0.141 e. The van der Waals surface area contributed by atoms with Crippen molar-refractivity contribution >= 4 is 17.3 Å². The quantitative estimate of drug-likeness (QED) is 0.672. The molecule has 2 aliphatic rings. The molecule has 0 spiro atoms. The Labute approximate surface area is 160 Å². The van der Waals surface area contributed by atoms with Gasteiger partial charge in [0.15, 0.2) is 0 Å². The molecule has 2 aliphatic carbocycles. The van der Waals surface area contributed by atoms with E-state index in [2.05, 4.69) is 26.0 Å². The van der Waals surface area contributed by atoms with Gasteiger partial charge in [0.25, 0.3) is 0 Å². The van der Waals surface area contributed by atoms with Crippen LogP contribution in [-0.4, -0.2) is 31.5 Å². The van der Waals surface area contributed by atoms with Crippen LogP contribution in [0.3, 0.4) is 0 Å². The van der Waals surface area contributed by atoms with Gasteiger partial charge in [0.05, 0.1) is 28.7 Å². The summed E-state index contributed by atoms with van der Waals surface area (Å²) in [5.41, 5.74) is 9.08. The monoisotopic (exact) mass is 367 g/mol. The standard InChI is InChI=1S/C20H29N7/c1-12(2)25-20-17(19(22)23-11-24-20)18(21)16-10-15(13-8-9-13)26-27(16)14-6-4-3-5-7-14/h10-14,21H,3-9H2,1-2H3,(H3,22,23,24,25).